The van der Waals surface area contributed by atoms with E-state index in [1.807, 2.05) is 13.0 Å². The maximum atomic E-state index is 15.7. The molecule has 36 heavy (non-hydrogen) atoms. The average molecular weight is 502 g/mol. The smallest absolute Gasteiger partial charge is 0.247 e. The fraction of sp³-hybridized carbons (Fsp3) is 0.462. The maximum Gasteiger partial charge on any atom is 0.247 e. The van der Waals surface area contributed by atoms with Crippen molar-refractivity contribution >= 4 is 17.3 Å². The van der Waals surface area contributed by atoms with Crippen molar-refractivity contribution in [1.29, 1.82) is 0 Å². The van der Waals surface area contributed by atoms with Crippen molar-refractivity contribution in [2.24, 2.45) is 0 Å². The van der Waals surface area contributed by atoms with Gasteiger partial charge in [0, 0.05) is 39.2 Å². The zero-order valence-corrected chi connectivity index (χ0v) is 20.9. The van der Waals surface area contributed by atoms with Crippen LogP contribution in [-0.2, 0) is 0 Å². The van der Waals surface area contributed by atoms with E-state index < -0.39 is 11.6 Å². The molecular weight excluding hydrogens is 467 g/mol. The molecule has 2 fully saturated rings. The molecule has 0 bridgehead atoms. The minimum Gasteiger partial charge on any atom is -0.366 e. The number of aryl methyl sites for hydroxylation is 1. The number of rotatable bonds is 5. The lowest BCUT2D eigenvalue weighted by Crippen LogP contribution is -2.57. The molecule has 0 radical (unpaired) electrons. The first-order chi connectivity index (χ1) is 17.3. The minimum atomic E-state index is -0.713. The number of hydrogen-bond acceptors (Lipinski definition) is 6. The first kappa shape index (κ1) is 24.6. The summed E-state index contributed by atoms with van der Waals surface area (Å²) >= 11 is 0. The minimum absolute atomic E-state index is 0. The summed E-state index contributed by atoms with van der Waals surface area (Å²) in [6, 6.07) is 7.59. The molecular formula is C26H34F3N7. The molecule has 0 saturated carbocycles. The Morgan fingerprint density at radius 1 is 0.972 bits per heavy atom. The summed E-state index contributed by atoms with van der Waals surface area (Å²) in [5.41, 5.74) is 1.92. The lowest BCUT2D eigenvalue weighted by atomic mass is 10.00. The van der Waals surface area contributed by atoms with Crippen LogP contribution in [0.1, 0.15) is 26.8 Å². The SMILES string of the molecule is Cc1cc(Nc2ncn(-c3cc(F)cc(F)c3)n2)c(F)c(N2CCN(C3CCN(C)CC3)C(C)C2)c1.[HH]. The second-order valence-electron chi connectivity index (χ2n) is 9.98. The summed E-state index contributed by atoms with van der Waals surface area (Å²) < 4.78 is 44.1. The summed E-state index contributed by atoms with van der Waals surface area (Å²) in [4.78, 5) is 11.2. The first-order valence-corrected chi connectivity index (χ1v) is 12.4. The van der Waals surface area contributed by atoms with Gasteiger partial charge in [0.1, 0.15) is 18.0 Å². The van der Waals surface area contributed by atoms with Crippen molar-refractivity contribution in [3.05, 3.63) is 59.7 Å². The van der Waals surface area contributed by atoms with Gasteiger partial charge in [0.25, 0.3) is 0 Å². The van der Waals surface area contributed by atoms with Crippen molar-refractivity contribution in [1.82, 2.24) is 24.6 Å². The van der Waals surface area contributed by atoms with Crippen LogP contribution < -0.4 is 10.2 Å². The zero-order valence-electron chi connectivity index (χ0n) is 20.9. The third-order valence-electron chi connectivity index (χ3n) is 7.22. The number of piperidine rings is 1. The molecule has 2 aliphatic rings. The molecule has 0 aliphatic carbocycles. The molecule has 3 aromatic rings. The number of piperazine rings is 1. The number of halogens is 3. The normalized spacial score (nSPS) is 20.2. The van der Waals surface area contributed by atoms with Gasteiger partial charge in [-0.3, -0.25) is 4.90 Å². The number of benzene rings is 2. The van der Waals surface area contributed by atoms with Crippen molar-refractivity contribution in [3.8, 4) is 5.69 Å². The number of aromatic nitrogens is 3. The maximum absolute atomic E-state index is 15.7. The van der Waals surface area contributed by atoms with E-state index in [1.54, 1.807) is 6.07 Å². The molecule has 2 aliphatic heterocycles. The second kappa shape index (κ2) is 10.1. The Hall–Kier alpha value is -3.11. The molecule has 1 aromatic heterocycles. The summed E-state index contributed by atoms with van der Waals surface area (Å²) in [5.74, 6) is -1.66. The number of anilines is 3. The van der Waals surface area contributed by atoms with Crippen LogP contribution in [0.4, 0.5) is 30.5 Å². The van der Waals surface area contributed by atoms with Crippen LogP contribution in [-0.4, -0.2) is 76.4 Å². The van der Waals surface area contributed by atoms with Gasteiger partial charge in [-0.15, -0.1) is 5.10 Å². The molecule has 1 unspecified atom stereocenters. The number of nitrogens with zero attached hydrogens (tertiary/aromatic N) is 6. The van der Waals surface area contributed by atoms with Crippen molar-refractivity contribution in [2.75, 3.05) is 50.0 Å². The molecule has 1 atom stereocenters. The van der Waals surface area contributed by atoms with E-state index in [0.29, 0.717) is 17.8 Å². The van der Waals surface area contributed by atoms with Crippen molar-refractivity contribution in [2.45, 2.75) is 38.8 Å². The highest BCUT2D eigenvalue weighted by Gasteiger charge is 2.32. The third kappa shape index (κ3) is 5.19. The van der Waals surface area contributed by atoms with Crippen LogP contribution in [0.5, 0.6) is 0 Å². The third-order valence-corrected chi connectivity index (χ3v) is 7.22. The second-order valence-corrected chi connectivity index (χ2v) is 9.98. The van der Waals surface area contributed by atoms with E-state index in [9.17, 15) is 8.78 Å². The molecule has 0 spiro atoms. The van der Waals surface area contributed by atoms with Gasteiger partial charge in [-0.2, -0.15) is 4.98 Å². The summed E-state index contributed by atoms with van der Waals surface area (Å²) in [7, 11) is 2.17. The Bertz CT molecular complexity index is 1210. The van der Waals surface area contributed by atoms with E-state index in [1.165, 1.54) is 23.9 Å². The Labute approximate surface area is 211 Å². The van der Waals surface area contributed by atoms with Gasteiger partial charge in [0.15, 0.2) is 5.82 Å². The predicted octanol–water partition coefficient (Wildman–Crippen LogP) is 4.59. The Kier molecular flexibility index (Phi) is 6.90. The lowest BCUT2D eigenvalue weighted by Gasteiger charge is -2.46. The summed E-state index contributed by atoms with van der Waals surface area (Å²) in [5, 5.41) is 7.16. The molecule has 194 valence electrons. The Morgan fingerprint density at radius 2 is 1.69 bits per heavy atom. The monoisotopic (exact) mass is 501 g/mol. The Morgan fingerprint density at radius 3 is 2.39 bits per heavy atom. The fourth-order valence-electron chi connectivity index (χ4n) is 5.37. The summed E-state index contributed by atoms with van der Waals surface area (Å²) in [6.45, 7) is 8.81. The number of nitrogens with one attached hydrogen (secondary N) is 1. The standard InChI is InChI=1S/C26H32F3N7.H2/c1-17-10-23(31-26-30-16-36(32-26)22-13-19(27)12-20(28)14-22)25(29)24(11-17)34-8-9-35(18(2)15-34)21-4-6-33(3)7-5-21;/h10-14,16,18,21H,4-9,15H2,1-3H3,(H,31,32);1H. The molecule has 5 rings (SSSR count). The molecule has 7 nitrogen and oxygen atoms in total. The van der Waals surface area contributed by atoms with Crippen LogP contribution in [0.25, 0.3) is 5.69 Å². The predicted molar refractivity (Wildman–Crippen MR) is 137 cm³/mol. The topological polar surface area (TPSA) is 52.5 Å². The zero-order chi connectivity index (χ0) is 25.4. The van der Waals surface area contributed by atoms with Crippen LogP contribution >= 0.6 is 0 Å². The van der Waals surface area contributed by atoms with Gasteiger partial charge >= 0.3 is 0 Å². The lowest BCUT2D eigenvalue weighted by molar-refractivity contribution is 0.0792. The van der Waals surface area contributed by atoms with Gasteiger partial charge in [-0.1, -0.05) is 0 Å². The largest absolute Gasteiger partial charge is 0.366 e. The van der Waals surface area contributed by atoms with E-state index in [-0.39, 0.29) is 24.6 Å². The van der Waals surface area contributed by atoms with Gasteiger partial charge in [0.05, 0.1) is 17.1 Å². The molecule has 1 N–H and O–H groups in total. The average Bonchev–Trinajstić information content (AvgIpc) is 3.30. The molecule has 2 saturated heterocycles. The molecule has 3 heterocycles. The fourth-order valence-corrected chi connectivity index (χ4v) is 5.37. The number of likely N-dealkylation sites (tertiary alicyclic amines) is 1. The van der Waals surface area contributed by atoms with Gasteiger partial charge in [0.2, 0.25) is 5.95 Å². The van der Waals surface area contributed by atoms with Crippen molar-refractivity contribution < 1.29 is 14.6 Å². The van der Waals surface area contributed by atoms with E-state index in [2.05, 4.69) is 44.1 Å². The van der Waals surface area contributed by atoms with Gasteiger partial charge < -0.3 is 15.1 Å². The van der Waals surface area contributed by atoms with Crippen molar-refractivity contribution in [3.63, 3.8) is 0 Å². The summed E-state index contributed by atoms with van der Waals surface area (Å²) in [6.07, 6.45) is 3.68. The molecule has 2 aromatic carbocycles. The first-order valence-electron chi connectivity index (χ1n) is 12.4. The highest BCUT2D eigenvalue weighted by atomic mass is 19.1. The molecule has 10 heteroatoms. The highest BCUT2D eigenvalue weighted by molar-refractivity contribution is 5.65. The van der Waals surface area contributed by atoms with Gasteiger partial charge in [-0.25, -0.2) is 17.9 Å². The van der Waals surface area contributed by atoms with E-state index in [4.69, 9.17) is 0 Å². The van der Waals surface area contributed by atoms with Crippen LogP contribution in [0.15, 0.2) is 36.7 Å². The molecule has 0 amide bonds. The highest BCUT2D eigenvalue weighted by Crippen LogP contribution is 2.32. The van der Waals surface area contributed by atoms with Gasteiger partial charge in [-0.05, 0) is 76.7 Å². The Balaban J connectivity index is 0.00000320. The van der Waals surface area contributed by atoms with E-state index in [0.717, 1.165) is 56.5 Å². The van der Waals surface area contributed by atoms with E-state index >= 15 is 4.39 Å². The quantitative estimate of drug-likeness (QED) is 0.552. The van der Waals surface area contributed by atoms with Crippen LogP contribution in [0, 0.1) is 24.4 Å². The van der Waals surface area contributed by atoms with Crippen LogP contribution in [0.3, 0.4) is 0 Å². The number of hydrogen-bond donors (Lipinski definition) is 1. The van der Waals surface area contributed by atoms with Crippen LogP contribution in [0.2, 0.25) is 0 Å².